The molecule has 2 aliphatic rings. The third-order valence-electron chi connectivity index (χ3n) is 5.36. The second kappa shape index (κ2) is 10.1. The SMILES string of the molecule is O=C(NC(=S)NC1=C(N2CCCCCCC2)C=CC(C(F)(F)F)C1)c1ccccc1. The van der Waals surface area contributed by atoms with Gasteiger partial charge < -0.3 is 10.2 Å². The molecule has 0 spiro atoms. The van der Waals surface area contributed by atoms with Crippen molar-refractivity contribution in [3.8, 4) is 0 Å². The molecule has 1 aromatic carbocycles. The number of carbonyl (C=O) groups is 1. The zero-order valence-corrected chi connectivity index (χ0v) is 17.5. The summed E-state index contributed by atoms with van der Waals surface area (Å²) in [6.45, 7) is 1.59. The molecule has 2 N–H and O–H groups in total. The lowest BCUT2D eigenvalue weighted by molar-refractivity contribution is -0.161. The molecule has 0 bridgehead atoms. The Morgan fingerprint density at radius 1 is 1.03 bits per heavy atom. The first-order valence-electron chi connectivity index (χ1n) is 10.2. The number of hydrogen-bond donors (Lipinski definition) is 2. The monoisotopic (exact) mass is 437 g/mol. The molecule has 1 saturated heterocycles. The van der Waals surface area contributed by atoms with Crippen LogP contribution in [0.3, 0.4) is 0 Å². The number of halogens is 3. The van der Waals surface area contributed by atoms with Crippen molar-refractivity contribution in [1.29, 1.82) is 0 Å². The van der Waals surface area contributed by atoms with Crippen LogP contribution in [0.15, 0.2) is 53.9 Å². The smallest absolute Gasteiger partial charge is 0.370 e. The third-order valence-corrected chi connectivity index (χ3v) is 5.57. The molecule has 4 nitrogen and oxygen atoms in total. The minimum absolute atomic E-state index is 0.000350. The van der Waals surface area contributed by atoms with E-state index in [2.05, 4.69) is 15.5 Å². The third kappa shape index (κ3) is 6.08. The Balaban J connectivity index is 1.77. The normalized spacial score (nSPS) is 20.4. The summed E-state index contributed by atoms with van der Waals surface area (Å²) >= 11 is 5.24. The fraction of sp³-hybridized carbons (Fsp3) is 0.455. The van der Waals surface area contributed by atoms with Crippen LogP contribution in [-0.4, -0.2) is 35.2 Å². The number of nitrogens with one attached hydrogen (secondary N) is 2. The van der Waals surface area contributed by atoms with Crippen LogP contribution >= 0.6 is 12.2 Å². The lowest BCUT2D eigenvalue weighted by Gasteiger charge is -2.33. The molecular weight excluding hydrogens is 411 g/mol. The highest BCUT2D eigenvalue weighted by Gasteiger charge is 2.40. The summed E-state index contributed by atoms with van der Waals surface area (Å²) in [6.07, 6.45) is 3.65. The van der Waals surface area contributed by atoms with E-state index in [1.54, 1.807) is 36.4 Å². The van der Waals surface area contributed by atoms with Gasteiger partial charge >= 0.3 is 6.18 Å². The number of amides is 1. The molecule has 1 atom stereocenters. The van der Waals surface area contributed by atoms with E-state index in [1.807, 2.05) is 0 Å². The number of thiocarbonyl (C=S) groups is 1. The number of hydrogen-bond acceptors (Lipinski definition) is 3. The van der Waals surface area contributed by atoms with Crippen molar-refractivity contribution in [3.63, 3.8) is 0 Å². The van der Waals surface area contributed by atoms with Crippen LogP contribution in [0, 0.1) is 5.92 Å². The fourth-order valence-corrected chi connectivity index (χ4v) is 3.97. The van der Waals surface area contributed by atoms with E-state index in [0.29, 0.717) is 11.3 Å². The van der Waals surface area contributed by atoms with Crippen molar-refractivity contribution in [2.24, 2.45) is 5.92 Å². The Kier molecular flexibility index (Phi) is 7.53. The second-order valence-electron chi connectivity index (χ2n) is 7.60. The Morgan fingerprint density at radius 2 is 1.67 bits per heavy atom. The van der Waals surface area contributed by atoms with E-state index in [9.17, 15) is 18.0 Å². The highest BCUT2D eigenvalue weighted by Crippen LogP contribution is 2.36. The quantitative estimate of drug-likeness (QED) is 0.660. The van der Waals surface area contributed by atoms with E-state index in [0.717, 1.165) is 44.5 Å². The average Bonchev–Trinajstić information content (AvgIpc) is 2.68. The zero-order valence-electron chi connectivity index (χ0n) is 16.7. The molecule has 1 amide bonds. The number of rotatable bonds is 3. The summed E-state index contributed by atoms with van der Waals surface area (Å²) < 4.78 is 40.1. The highest BCUT2D eigenvalue weighted by atomic mass is 32.1. The highest BCUT2D eigenvalue weighted by molar-refractivity contribution is 7.80. The molecule has 1 heterocycles. The van der Waals surface area contributed by atoms with Crippen molar-refractivity contribution < 1.29 is 18.0 Å². The van der Waals surface area contributed by atoms with Gasteiger partial charge in [-0.2, -0.15) is 13.2 Å². The van der Waals surface area contributed by atoms with Crippen molar-refractivity contribution in [2.75, 3.05) is 13.1 Å². The van der Waals surface area contributed by atoms with E-state index in [1.165, 1.54) is 12.5 Å². The molecule has 1 fully saturated rings. The van der Waals surface area contributed by atoms with Crippen LogP contribution in [0.25, 0.3) is 0 Å². The van der Waals surface area contributed by atoms with Gasteiger partial charge in [-0.05, 0) is 43.3 Å². The van der Waals surface area contributed by atoms with Gasteiger partial charge in [0.05, 0.1) is 11.6 Å². The summed E-state index contributed by atoms with van der Waals surface area (Å²) in [6, 6.07) is 8.54. The van der Waals surface area contributed by atoms with Gasteiger partial charge in [-0.3, -0.25) is 10.1 Å². The first kappa shape index (κ1) is 22.3. The molecular formula is C22H26F3N3OS. The first-order valence-corrected chi connectivity index (χ1v) is 10.7. The molecule has 8 heteroatoms. The van der Waals surface area contributed by atoms with E-state index in [-0.39, 0.29) is 11.5 Å². The summed E-state index contributed by atoms with van der Waals surface area (Å²) in [5, 5.41) is 5.46. The minimum atomic E-state index is -4.33. The van der Waals surface area contributed by atoms with Crippen LogP contribution in [0.2, 0.25) is 0 Å². The van der Waals surface area contributed by atoms with Crippen LogP contribution < -0.4 is 10.6 Å². The van der Waals surface area contributed by atoms with Gasteiger partial charge in [0.15, 0.2) is 5.11 Å². The molecule has 1 aromatic rings. The number of benzene rings is 1. The van der Waals surface area contributed by atoms with Crippen LogP contribution in [0.5, 0.6) is 0 Å². The van der Waals surface area contributed by atoms with Gasteiger partial charge in [0.2, 0.25) is 0 Å². The summed E-state index contributed by atoms with van der Waals surface area (Å²) in [5.41, 5.74) is 1.56. The molecule has 0 aromatic heterocycles. The largest absolute Gasteiger partial charge is 0.395 e. The second-order valence-corrected chi connectivity index (χ2v) is 8.01. The molecule has 1 aliphatic carbocycles. The summed E-state index contributed by atoms with van der Waals surface area (Å²) in [4.78, 5) is 14.5. The van der Waals surface area contributed by atoms with Crippen molar-refractivity contribution >= 4 is 23.2 Å². The lowest BCUT2D eigenvalue weighted by atomic mass is 9.94. The van der Waals surface area contributed by atoms with Gasteiger partial charge in [-0.15, -0.1) is 0 Å². The molecule has 0 saturated carbocycles. The van der Waals surface area contributed by atoms with E-state index < -0.39 is 18.0 Å². The topological polar surface area (TPSA) is 44.4 Å². The van der Waals surface area contributed by atoms with Gasteiger partial charge in [-0.25, -0.2) is 0 Å². The van der Waals surface area contributed by atoms with E-state index in [4.69, 9.17) is 12.2 Å². The standard InChI is InChI=1S/C22H26F3N3OS/c23-22(24,25)17-11-12-19(28-13-7-2-1-3-8-14-28)18(15-17)26-21(30)27-20(29)16-9-5-4-6-10-16/h4-6,9-12,17H,1-3,7-8,13-15H2,(H2,26,27,29,30). The van der Waals surface area contributed by atoms with Crippen molar-refractivity contribution in [2.45, 2.75) is 44.7 Å². The molecule has 162 valence electrons. The Labute approximate surface area is 180 Å². The van der Waals surface area contributed by atoms with Gasteiger partial charge in [-0.1, -0.05) is 43.5 Å². The van der Waals surface area contributed by atoms with Crippen molar-refractivity contribution in [1.82, 2.24) is 15.5 Å². The number of carbonyl (C=O) groups excluding carboxylic acids is 1. The molecule has 3 rings (SSSR count). The average molecular weight is 438 g/mol. The van der Waals surface area contributed by atoms with Crippen LogP contribution in [-0.2, 0) is 0 Å². The Morgan fingerprint density at radius 3 is 2.30 bits per heavy atom. The number of allylic oxidation sites excluding steroid dienone is 3. The maximum Gasteiger partial charge on any atom is 0.395 e. The van der Waals surface area contributed by atoms with Crippen molar-refractivity contribution in [3.05, 3.63) is 59.4 Å². The Hall–Kier alpha value is -2.35. The summed E-state index contributed by atoms with van der Waals surface area (Å²) in [7, 11) is 0. The molecule has 30 heavy (non-hydrogen) atoms. The molecule has 1 aliphatic heterocycles. The minimum Gasteiger partial charge on any atom is -0.370 e. The first-order chi connectivity index (χ1) is 14.3. The predicted molar refractivity (Wildman–Crippen MR) is 115 cm³/mol. The van der Waals surface area contributed by atoms with Crippen LogP contribution in [0.4, 0.5) is 13.2 Å². The maximum atomic E-state index is 13.4. The number of nitrogens with zero attached hydrogens (tertiary/aromatic N) is 1. The van der Waals surface area contributed by atoms with Gasteiger partial charge in [0, 0.05) is 30.8 Å². The number of alkyl halides is 3. The molecule has 1 unspecified atom stereocenters. The zero-order chi connectivity index (χ0) is 21.6. The molecule has 0 radical (unpaired) electrons. The Bertz CT molecular complexity index is 813. The maximum absolute atomic E-state index is 13.4. The van der Waals surface area contributed by atoms with E-state index >= 15 is 0 Å². The van der Waals surface area contributed by atoms with Crippen LogP contribution in [0.1, 0.15) is 48.9 Å². The summed E-state index contributed by atoms with van der Waals surface area (Å²) in [5.74, 6) is -1.98. The fourth-order valence-electron chi connectivity index (χ4n) is 3.76. The van der Waals surface area contributed by atoms with Gasteiger partial charge in [0.25, 0.3) is 5.91 Å². The predicted octanol–water partition coefficient (Wildman–Crippen LogP) is 4.91. The van der Waals surface area contributed by atoms with Gasteiger partial charge in [0.1, 0.15) is 0 Å². The lowest BCUT2D eigenvalue weighted by Crippen LogP contribution is -2.42. The number of likely N-dealkylation sites (tertiary alicyclic amines) is 1.